The number of rotatable bonds is 0. The van der Waals surface area contributed by atoms with Gasteiger partial charge in [-0.3, -0.25) is 0 Å². The van der Waals surface area contributed by atoms with Crippen LogP contribution in [0, 0.1) is 5.82 Å². The minimum Gasteiger partial charge on any atom is -0.206 e. The molecule has 1 aromatic carbocycles. The molecule has 4 heteroatoms. The molecule has 2 aromatic rings. The van der Waals surface area contributed by atoms with E-state index in [1.165, 1.54) is 6.07 Å². The Hall–Kier alpha value is -0.0600. The van der Waals surface area contributed by atoms with Crippen LogP contribution in [0.5, 0.6) is 0 Å². The highest BCUT2D eigenvalue weighted by Gasteiger charge is 2.08. The van der Waals surface area contributed by atoms with Crippen LogP contribution in [0.4, 0.5) is 4.39 Å². The van der Waals surface area contributed by atoms with Crippen molar-refractivity contribution in [3.8, 4) is 0 Å². The van der Waals surface area contributed by atoms with Gasteiger partial charge in [0.05, 0.1) is 4.47 Å². The second kappa shape index (κ2) is 3.01. The van der Waals surface area contributed by atoms with Crippen LogP contribution in [-0.4, -0.2) is 0 Å². The molecule has 0 nitrogen and oxygen atoms in total. The van der Waals surface area contributed by atoms with Gasteiger partial charge in [-0.1, -0.05) is 0 Å². The van der Waals surface area contributed by atoms with Gasteiger partial charge in [-0.25, -0.2) is 4.39 Å². The SMILES string of the molecule is Fc1ccc2scc(S)c2c1Br. The largest absolute Gasteiger partial charge is 0.206 e. The molecule has 0 N–H and O–H groups in total. The number of fused-ring (bicyclic) bond motifs is 1. The minimum absolute atomic E-state index is 0.240. The average molecular weight is 263 g/mol. The van der Waals surface area contributed by atoms with Gasteiger partial charge < -0.3 is 0 Å². The Labute approximate surface area is 86.9 Å². The molecule has 1 heterocycles. The molecule has 0 radical (unpaired) electrons. The van der Waals surface area contributed by atoms with Crippen LogP contribution in [0.1, 0.15) is 0 Å². The third-order valence-electron chi connectivity index (χ3n) is 1.61. The van der Waals surface area contributed by atoms with E-state index in [1.807, 2.05) is 5.38 Å². The van der Waals surface area contributed by atoms with Crippen LogP contribution >= 0.6 is 39.9 Å². The lowest BCUT2D eigenvalue weighted by Gasteiger charge is -1.96. The van der Waals surface area contributed by atoms with E-state index in [2.05, 4.69) is 28.6 Å². The van der Waals surface area contributed by atoms with E-state index in [4.69, 9.17) is 0 Å². The molecule has 0 fully saturated rings. The molecule has 0 bridgehead atoms. The summed E-state index contributed by atoms with van der Waals surface area (Å²) in [7, 11) is 0. The van der Waals surface area contributed by atoms with Crippen LogP contribution in [0.3, 0.4) is 0 Å². The number of hydrogen-bond donors (Lipinski definition) is 1. The molecule has 2 rings (SSSR count). The van der Waals surface area contributed by atoms with Crippen LogP contribution in [-0.2, 0) is 0 Å². The van der Waals surface area contributed by atoms with E-state index in [0.29, 0.717) is 4.47 Å². The molecule has 0 aliphatic rings. The Morgan fingerprint density at radius 3 is 2.92 bits per heavy atom. The van der Waals surface area contributed by atoms with Crippen LogP contribution < -0.4 is 0 Å². The van der Waals surface area contributed by atoms with Crippen LogP contribution in [0.15, 0.2) is 26.9 Å². The molecule has 0 amide bonds. The van der Waals surface area contributed by atoms with Crippen molar-refractivity contribution in [2.75, 3.05) is 0 Å². The Balaban J connectivity index is 2.96. The molecular formula is C8H4BrFS2. The first-order chi connectivity index (χ1) is 5.70. The van der Waals surface area contributed by atoms with Gasteiger partial charge in [0.1, 0.15) is 5.82 Å². The number of halogens is 2. The summed E-state index contributed by atoms with van der Waals surface area (Å²) in [5.74, 6) is -0.240. The zero-order valence-electron chi connectivity index (χ0n) is 5.84. The fraction of sp³-hybridized carbons (Fsp3) is 0. The molecule has 62 valence electrons. The first-order valence-electron chi connectivity index (χ1n) is 3.24. The molecule has 12 heavy (non-hydrogen) atoms. The summed E-state index contributed by atoms with van der Waals surface area (Å²) in [5.41, 5.74) is 0. The smallest absolute Gasteiger partial charge is 0.138 e. The molecule has 0 saturated heterocycles. The second-order valence-corrected chi connectivity index (χ2v) is 4.54. The Bertz CT molecular complexity index is 436. The molecular weight excluding hydrogens is 259 g/mol. The Morgan fingerprint density at radius 1 is 1.42 bits per heavy atom. The van der Waals surface area contributed by atoms with E-state index in [1.54, 1.807) is 17.4 Å². The maximum absolute atomic E-state index is 13.0. The zero-order chi connectivity index (χ0) is 8.72. The van der Waals surface area contributed by atoms with Gasteiger partial charge in [-0.05, 0) is 28.1 Å². The first kappa shape index (κ1) is 8.53. The standard InChI is InChI=1S/C8H4BrFS2/c9-8-4(10)1-2-6-7(8)5(11)3-12-6/h1-3,11H. The molecule has 0 spiro atoms. The normalized spacial score (nSPS) is 10.9. The van der Waals surface area contributed by atoms with Crippen molar-refractivity contribution in [2.24, 2.45) is 0 Å². The lowest BCUT2D eigenvalue weighted by Crippen LogP contribution is -1.76. The van der Waals surface area contributed by atoms with E-state index in [-0.39, 0.29) is 5.82 Å². The summed E-state index contributed by atoms with van der Waals surface area (Å²) >= 11 is 8.99. The Morgan fingerprint density at radius 2 is 2.17 bits per heavy atom. The maximum atomic E-state index is 13.0. The lowest BCUT2D eigenvalue weighted by atomic mass is 10.2. The van der Waals surface area contributed by atoms with Gasteiger partial charge in [0.2, 0.25) is 0 Å². The first-order valence-corrected chi connectivity index (χ1v) is 5.36. The van der Waals surface area contributed by atoms with Gasteiger partial charge in [-0.2, -0.15) is 0 Å². The van der Waals surface area contributed by atoms with E-state index in [9.17, 15) is 4.39 Å². The Kier molecular flexibility index (Phi) is 2.14. The molecule has 0 aliphatic heterocycles. The highest BCUT2D eigenvalue weighted by Crippen LogP contribution is 2.35. The zero-order valence-corrected chi connectivity index (χ0v) is 9.14. The molecule has 0 aliphatic carbocycles. The van der Waals surface area contributed by atoms with E-state index < -0.39 is 0 Å². The van der Waals surface area contributed by atoms with Gasteiger partial charge in [-0.15, -0.1) is 24.0 Å². The number of thiol groups is 1. The second-order valence-electron chi connectivity index (χ2n) is 2.36. The van der Waals surface area contributed by atoms with Crippen molar-refractivity contribution in [1.29, 1.82) is 0 Å². The van der Waals surface area contributed by atoms with E-state index in [0.717, 1.165) is 15.0 Å². The number of hydrogen-bond acceptors (Lipinski definition) is 2. The predicted octanol–water partition coefficient (Wildman–Crippen LogP) is 4.09. The third kappa shape index (κ3) is 1.18. The molecule has 0 atom stereocenters. The van der Waals surface area contributed by atoms with Crippen molar-refractivity contribution in [3.05, 3.63) is 27.8 Å². The lowest BCUT2D eigenvalue weighted by molar-refractivity contribution is 0.623. The quantitative estimate of drug-likeness (QED) is 0.680. The summed E-state index contributed by atoms with van der Waals surface area (Å²) in [5, 5.41) is 2.76. The monoisotopic (exact) mass is 262 g/mol. The van der Waals surface area contributed by atoms with Crippen molar-refractivity contribution >= 4 is 50.0 Å². The summed E-state index contributed by atoms with van der Waals surface area (Å²) in [4.78, 5) is 0.821. The third-order valence-corrected chi connectivity index (χ3v) is 3.86. The summed E-state index contributed by atoms with van der Waals surface area (Å²) in [6.07, 6.45) is 0. The fourth-order valence-corrected chi connectivity index (χ4v) is 3.19. The van der Waals surface area contributed by atoms with Gasteiger partial charge in [0.25, 0.3) is 0 Å². The molecule has 0 saturated carbocycles. The van der Waals surface area contributed by atoms with Crippen molar-refractivity contribution in [2.45, 2.75) is 4.90 Å². The van der Waals surface area contributed by atoms with Crippen LogP contribution in [0.25, 0.3) is 10.1 Å². The van der Waals surface area contributed by atoms with Crippen molar-refractivity contribution in [3.63, 3.8) is 0 Å². The van der Waals surface area contributed by atoms with Crippen LogP contribution in [0.2, 0.25) is 0 Å². The number of thiophene rings is 1. The minimum atomic E-state index is -0.240. The maximum Gasteiger partial charge on any atom is 0.138 e. The van der Waals surface area contributed by atoms with Crippen molar-refractivity contribution in [1.82, 2.24) is 0 Å². The topological polar surface area (TPSA) is 0 Å². The molecule has 0 unspecified atom stereocenters. The van der Waals surface area contributed by atoms with Gasteiger partial charge in [0.15, 0.2) is 0 Å². The fourth-order valence-electron chi connectivity index (χ4n) is 1.05. The highest BCUT2D eigenvalue weighted by atomic mass is 79.9. The van der Waals surface area contributed by atoms with Gasteiger partial charge in [0, 0.05) is 20.4 Å². The van der Waals surface area contributed by atoms with E-state index >= 15 is 0 Å². The summed E-state index contributed by atoms with van der Waals surface area (Å²) < 4.78 is 14.6. The van der Waals surface area contributed by atoms with Gasteiger partial charge >= 0.3 is 0 Å². The summed E-state index contributed by atoms with van der Waals surface area (Å²) in [6, 6.07) is 3.22. The summed E-state index contributed by atoms with van der Waals surface area (Å²) in [6.45, 7) is 0. The molecule has 1 aromatic heterocycles. The number of benzene rings is 1. The highest BCUT2D eigenvalue weighted by molar-refractivity contribution is 9.10. The van der Waals surface area contributed by atoms with Crippen molar-refractivity contribution < 1.29 is 4.39 Å². The predicted molar refractivity (Wildman–Crippen MR) is 56.7 cm³/mol. The average Bonchev–Trinajstić information content (AvgIpc) is 2.41.